The van der Waals surface area contributed by atoms with Crippen molar-refractivity contribution < 1.29 is 0 Å². The van der Waals surface area contributed by atoms with Crippen LogP contribution in [0.3, 0.4) is 0 Å². The van der Waals surface area contributed by atoms with Crippen molar-refractivity contribution in [3.05, 3.63) is 76.3 Å². The van der Waals surface area contributed by atoms with Gasteiger partial charge in [0.25, 0.3) is 5.56 Å². The average Bonchev–Trinajstić information content (AvgIpc) is 2.57. The molecule has 2 aromatic heterocycles. The number of hydrogen-bond donors (Lipinski definition) is 0. The second-order valence-electron chi connectivity index (χ2n) is 4.89. The molecule has 0 fully saturated rings. The fourth-order valence-electron chi connectivity index (χ4n) is 2.61. The van der Waals surface area contributed by atoms with E-state index in [1.165, 1.54) is 6.20 Å². The number of halogens is 1. The van der Waals surface area contributed by atoms with Crippen LogP contribution in [0.5, 0.6) is 0 Å². The van der Waals surface area contributed by atoms with Crippen LogP contribution < -0.4 is 5.56 Å². The highest BCUT2D eigenvalue weighted by molar-refractivity contribution is 6.29. The van der Waals surface area contributed by atoms with Crippen LogP contribution in [0.25, 0.3) is 27.6 Å². The number of pyridine rings is 1. The van der Waals surface area contributed by atoms with E-state index in [0.717, 1.165) is 11.1 Å². The SMILES string of the molecule is O=c1c2ccccc2c2nc(Cl)cnc2n1-c1ccccc1. The molecule has 4 nitrogen and oxygen atoms in total. The van der Waals surface area contributed by atoms with Gasteiger partial charge in [0.05, 0.1) is 11.9 Å². The quantitative estimate of drug-likeness (QED) is 0.505. The van der Waals surface area contributed by atoms with E-state index in [-0.39, 0.29) is 5.56 Å². The van der Waals surface area contributed by atoms with Crippen molar-refractivity contribution in [2.24, 2.45) is 0 Å². The lowest BCUT2D eigenvalue weighted by atomic mass is 10.1. The molecular formula is C17H10ClN3O. The Morgan fingerprint density at radius 1 is 0.909 bits per heavy atom. The standard InChI is InChI=1S/C17H10ClN3O/c18-14-10-19-16-15(20-14)12-8-4-5-9-13(12)17(22)21(16)11-6-2-1-3-7-11/h1-10H. The van der Waals surface area contributed by atoms with Crippen LogP contribution in [0, 0.1) is 0 Å². The van der Waals surface area contributed by atoms with Crippen molar-refractivity contribution >= 4 is 33.5 Å². The van der Waals surface area contributed by atoms with Gasteiger partial charge in [-0.1, -0.05) is 48.0 Å². The van der Waals surface area contributed by atoms with E-state index in [1.807, 2.05) is 48.5 Å². The fourth-order valence-corrected chi connectivity index (χ4v) is 2.75. The maximum Gasteiger partial charge on any atom is 0.264 e. The van der Waals surface area contributed by atoms with Crippen molar-refractivity contribution in [1.29, 1.82) is 0 Å². The van der Waals surface area contributed by atoms with Gasteiger partial charge >= 0.3 is 0 Å². The zero-order valence-electron chi connectivity index (χ0n) is 11.4. The maximum atomic E-state index is 12.9. The molecule has 0 N–H and O–H groups in total. The van der Waals surface area contributed by atoms with Crippen molar-refractivity contribution in [2.75, 3.05) is 0 Å². The molecule has 4 rings (SSSR count). The van der Waals surface area contributed by atoms with E-state index in [2.05, 4.69) is 9.97 Å². The van der Waals surface area contributed by atoms with E-state index < -0.39 is 0 Å². The molecular weight excluding hydrogens is 298 g/mol. The van der Waals surface area contributed by atoms with Gasteiger partial charge in [-0.15, -0.1) is 0 Å². The average molecular weight is 308 g/mol. The zero-order valence-corrected chi connectivity index (χ0v) is 12.2. The summed E-state index contributed by atoms with van der Waals surface area (Å²) in [5.74, 6) is 0. The van der Waals surface area contributed by atoms with Crippen LogP contribution in [0.4, 0.5) is 0 Å². The van der Waals surface area contributed by atoms with Crippen molar-refractivity contribution in [1.82, 2.24) is 14.5 Å². The Balaban J connectivity index is 2.29. The van der Waals surface area contributed by atoms with E-state index >= 15 is 0 Å². The Morgan fingerprint density at radius 2 is 1.59 bits per heavy atom. The Hall–Kier alpha value is -2.72. The van der Waals surface area contributed by atoms with Gasteiger partial charge < -0.3 is 0 Å². The van der Waals surface area contributed by atoms with Gasteiger partial charge in [-0.2, -0.15) is 0 Å². The highest BCUT2D eigenvalue weighted by atomic mass is 35.5. The number of nitrogens with zero attached hydrogens (tertiary/aromatic N) is 3. The van der Waals surface area contributed by atoms with Gasteiger partial charge in [0.2, 0.25) is 0 Å². The number of para-hydroxylation sites is 1. The number of fused-ring (bicyclic) bond motifs is 3. The smallest absolute Gasteiger partial charge is 0.264 e. The van der Waals surface area contributed by atoms with Gasteiger partial charge in [0.1, 0.15) is 10.7 Å². The first-order valence-electron chi connectivity index (χ1n) is 6.77. The summed E-state index contributed by atoms with van der Waals surface area (Å²) in [6, 6.07) is 16.8. The third-order valence-corrected chi connectivity index (χ3v) is 3.75. The predicted octanol–water partition coefficient (Wildman–Crippen LogP) is 3.59. The first-order valence-corrected chi connectivity index (χ1v) is 7.15. The van der Waals surface area contributed by atoms with Crippen molar-refractivity contribution in [3.8, 4) is 5.69 Å². The highest BCUT2D eigenvalue weighted by Crippen LogP contribution is 2.23. The summed E-state index contributed by atoms with van der Waals surface area (Å²) in [5.41, 5.74) is 1.75. The molecule has 5 heteroatoms. The van der Waals surface area contributed by atoms with Crippen LogP contribution in [0.1, 0.15) is 0 Å². The molecule has 2 aromatic carbocycles. The number of hydrogen-bond acceptors (Lipinski definition) is 3. The molecule has 0 saturated heterocycles. The molecule has 0 spiro atoms. The van der Waals surface area contributed by atoms with E-state index in [4.69, 9.17) is 11.6 Å². The minimum absolute atomic E-state index is 0.120. The normalized spacial score (nSPS) is 11.1. The van der Waals surface area contributed by atoms with E-state index in [9.17, 15) is 4.79 Å². The summed E-state index contributed by atoms with van der Waals surface area (Å²) in [6.07, 6.45) is 1.46. The summed E-state index contributed by atoms with van der Waals surface area (Å²) in [4.78, 5) is 21.6. The minimum atomic E-state index is -0.120. The molecule has 0 saturated carbocycles. The Morgan fingerprint density at radius 3 is 2.36 bits per heavy atom. The molecule has 106 valence electrons. The monoisotopic (exact) mass is 307 g/mol. The van der Waals surface area contributed by atoms with Gasteiger partial charge in [0.15, 0.2) is 5.65 Å². The second-order valence-corrected chi connectivity index (χ2v) is 5.27. The molecule has 2 heterocycles. The highest BCUT2D eigenvalue weighted by Gasteiger charge is 2.14. The van der Waals surface area contributed by atoms with Crippen LogP contribution in [0.15, 0.2) is 65.6 Å². The zero-order chi connectivity index (χ0) is 15.1. The summed E-state index contributed by atoms with van der Waals surface area (Å²) in [7, 11) is 0. The summed E-state index contributed by atoms with van der Waals surface area (Å²) >= 11 is 6.00. The third kappa shape index (κ3) is 1.89. The van der Waals surface area contributed by atoms with Gasteiger partial charge in [-0.25, -0.2) is 9.97 Å². The van der Waals surface area contributed by atoms with Gasteiger partial charge in [-0.3, -0.25) is 9.36 Å². The molecule has 0 aliphatic carbocycles. The molecule has 0 amide bonds. The fraction of sp³-hybridized carbons (Fsp3) is 0. The van der Waals surface area contributed by atoms with Crippen molar-refractivity contribution in [3.63, 3.8) is 0 Å². The Kier molecular flexibility index (Phi) is 2.91. The Labute approximate surface area is 130 Å². The van der Waals surface area contributed by atoms with Crippen LogP contribution >= 0.6 is 11.6 Å². The largest absolute Gasteiger partial charge is 0.268 e. The van der Waals surface area contributed by atoms with Gasteiger partial charge in [0, 0.05) is 10.8 Å². The molecule has 4 aromatic rings. The second kappa shape index (κ2) is 4.93. The molecule has 0 bridgehead atoms. The number of aromatic nitrogens is 3. The lowest BCUT2D eigenvalue weighted by Gasteiger charge is -2.11. The first kappa shape index (κ1) is 13.0. The molecule has 0 aliphatic rings. The Bertz CT molecular complexity index is 1060. The summed E-state index contributed by atoms with van der Waals surface area (Å²) in [6.45, 7) is 0. The van der Waals surface area contributed by atoms with E-state index in [0.29, 0.717) is 21.7 Å². The molecule has 0 aliphatic heterocycles. The molecule has 0 radical (unpaired) electrons. The molecule has 0 atom stereocenters. The third-order valence-electron chi connectivity index (χ3n) is 3.57. The first-order chi connectivity index (χ1) is 10.8. The number of rotatable bonds is 1. The lowest BCUT2D eigenvalue weighted by Crippen LogP contribution is -2.20. The van der Waals surface area contributed by atoms with Gasteiger partial charge in [-0.05, 0) is 18.2 Å². The summed E-state index contributed by atoms with van der Waals surface area (Å²) < 4.78 is 1.57. The minimum Gasteiger partial charge on any atom is -0.268 e. The number of benzene rings is 2. The maximum absolute atomic E-state index is 12.9. The van der Waals surface area contributed by atoms with Crippen LogP contribution in [0.2, 0.25) is 5.15 Å². The summed E-state index contributed by atoms with van der Waals surface area (Å²) in [5, 5.41) is 1.65. The molecule has 0 unspecified atom stereocenters. The van der Waals surface area contributed by atoms with Crippen LogP contribution in [-0.2, 0) is 0 Å². The van der Waals surface area contributed by atoms with E-state index in [1.54, 1.807) is 10.6 Å². The van der Waals surface area contributed by atoms with Crippen molar-refractivity contribution in [2.45, 2.75) is 0 Å². The predicted molar refractivity (Wildman–Crippen MR) is 87.7 cm³/mol. The topological polar surface area (TPSA) is 47.8 Å². The lowest BCUT2D eigenvalue weighted by molar-refractivity contribution is 1.02. The van der Waals surface area contributed by atoms with Crippen LogP contribution in [-0.4, -0.2) is 14.5 Å². The molecule has 22 heavy (non-hydrogen) atoms.